The Morgan fingerprint density at radius 1 is 1.06 bits per heavy atom. The monoisotopic (exact) mass is 477 g/mol. The van der Waals surface area contributed by atoms with Gasteiger partial charge in [-0.2, -0.15) is 5.10 Å². The van der Waals surface area contributed by atoms with Crippen LogP contribution in [0.4, 0.5) is 17.2 Å². The van der Waals surface area contributed by atoms with E-state index in [2.05, 4.69) is 10.4 Å². The van der Waals surface area contributed by atoms with E-state index in [-0.39, 0.29) is 44.9 Å². The van der Waals surface area contributed by atoms with Crippen LogP contribution in [0.25, 0.3) is 5.69 Å². The summed E-state index contributed by atoms with van der Waals surface area (Å²) in [6.45, 7) is 0. The summed E-state index contributed by atoms with van der Waals surface area (Å²) in [7, 11) is -3.45. The second-order valence-electron chi connectivity index (χ2n) is 6.87. The number of sulfone groups is 1. The molecule has 0 atom stereocenters. The number of hydrogen-bond acceptors (Lipinski definition) is 8. The molecule has 2 heterocycles. The third-order valence-corrected chi connectivity index (χ3v) is 6.49. The maximum Gasteiger partial charge on any atom is 0.288 e. The van der Waals surface area contributed by atoms with Crippen LogP contribution >= 0.6 is 11.6 Å². The SMILES string of the molecule is O=C(Nc1c2c(nn1-c1ccc([N+](=O)[O-])cc1)CS(=O)(=O)C2)c1ccc(Cl)c([N+](=O)[O-])c1. The molecular weight excluding hydrogens is 466 g/mol. The van der Waals surface area contributed by atoms with Gasteiger partial charge in [0.15, 0.2) is 9.84 Å². The minimum absolute atomic E-state index is 0.0533. The van der Waals surface area contributed by atoms with Gasteiger partial charge in [0.05, 0.1) is 32.7 Å². The Morgan fingerprint density at radius 2 is 1.75 bits per heavy atom. The van der Waals surface area contributed by atoms with Crippen LogP contribution < -0.4 is 5.32 Å². The first-order valence-electron chi connectivity index (χ1n) is 8.87. The van der Waals surface area contributed by atoms with Crippen molar-refractivity contribution in [3.63, 3.8) is 0 Å². The maximum absolute atomic E-state index is 12.8. The normalized spacial score (nSPS) is 14.0. The Hall–Kier alpha value is -3.84. The highest BCUT2D eigenvalue weighted by molar-refractivity contribution is 7.90. The second-order valence-corrected chi connectivity index (χ2v) is 9.34. The molecule has 0 fully saturated rings. The lowest BCUT2D eigenvalue weighted by molar-refractivity contribution is -0.385. The predicted octanol–water partition coefficient (Wildman–Crippen LogP) is 3.02. The molecule has 4 rings (SSSR count). The van der Waals surface area contributed by atoms with Crippen LogP contribution in [-0.4, -0.2) is 34.0 Å². The molecule has 1 aliphatic rings. The van der Waals surface area contributed by atoms with Crippen LogP contribution in [0.15, 0.2) is 42.5 Å². The lowest BCUT2D eigenvalue weighted by Gasteiger charge is -2.11. The first-order chi connectivity index (χ1) is 15.1. The molecule has 1 amide bonds. The fourth-order valence-electron chi connectivity index (χ4n) is 3.25. The number of nitro groups is 2. The number of anilines is 1. The molecule has 0 bridgehead atoms. The van der Waals surface area contributed by atoms with Gasteiger partial charge in [0, 0.05) is 29.3 Å². The van der Waals surface area contributed by atoms with Gasteiger partial charge in [-0.15, -0.1) is 0 Å². The van der Waals surface area contributed by atoms with E-state index in [4.69, 9.17) is 11.6 Å². The highest BCUT2D eigenvalue weighted by Crippen LogP contribution is 2.34. The van der Waals surface area contributed by atoms with Gasteiger partial charge in [-0.05, 0) is 24.3 Å². The predicted molar refractivity (Wildman–Crippen MR) is 113 cm³/mol. The van der Waals surface area contributed by atoms with Crippen LogP contribution in [-0.2, 0) is 21.3 Å². The molecule has 12 nitrogen and oxygen atoms in total. The number of nitro benzene ring substituents is 2. The maximum atomic E-state index is 12.8. The number of hydrogen-bond donors (Lipinski definition) is 1. The van der Waals surface area contributed by atoms with Crippen molar-refractivity contribution in [2.24, 2.45) is 0 Å². The smallest absolute Gasteiger partial charge is 0.288 e. The van der Waals surface area contributed by atoms with Crippen LogP contribution in [0, 0.1) is 20.2 Å². The third-order valence-electron chi connectivity index (χ3n) is 4.73. The minimum atomic E-state index is -3.45. The second kappa shape index (κ2) is 7.69. The Kier molecular flexibility index (Phi) is 5.14. The summed E-state index contributed by atoms with van der Waals surface area (Å²) in [5.74, 6) is -1.37. The van der Waals surface area contributed by atoms with E-state index in [1.54, 1.807) is 0 Å². The van der Waals surface area contributed by atoms with Crippen molar-refractivity contribution in [1.82, 2.24) is 9.78 Å². The number of benzene rings is 2. The highest BCUT2D eigenvalue weighted by Gasteiger charge is 2.33. The van der Waals surface area contributed by atoms with Crippen LogP contribution in [0.2, 0.25) is 5.02 Å². The summed E-state index contributed by atoms with van der Waals surface area (Å²) < 4.78 is 25.4. The van der Waals surface area contributed by atoms with Crippen molar-refractivity contribution < 1.29 is 23.1 Å². The van der Waals surface area contributed by atoms with Gasteiger partial charge >= 0.3 is 0 Å². The summed E-state index contributed by atoms with van der Waals surface area (Å²) in [4.78, 5) is 33.5. The Balaban J connectivity index is 1.76. The lowest BCUT2D eigenvalue weighted by atomic mass is 10.2. The van der Waals surface area contributed by atoms with Crippen molar-refractivity contribution in [3.8, 4) is 5.69 Å². The molecular formula is C18H12ClN5O7S. The number of amides is 1. The molecule has 1 N–H and O–H groups in total. The molecule has 3 aromatic rings. The van der Waals surface area contributed by atoms with Crippen molar-refractivity contribution in [2.45, 2.75) is 11.5 Å². The van der Waals surface area contributed by atoms with E-state index >= 15 is 0 Å². The molecule has 1 aromatic heterocycles. The van der Waals surface area contributed by atoms with Crippen LogP contribution in [0.3, 0.4) is 0 Å². The van der Waals surface area contributed by atoms with Gasteiger partial charge < -0.3 is 5.32 Å². The van der Waals surface area contributed by atoms with E-state index in [9.17, 15) is 33.4 Å². The summed E-state index contributed by atoms with van der Waals surface area (Å²) in [6, 6.07) is 8.78. The molecule has 2 aromatic carbocycles. The average molecular weight is 478 g/mol. The van der Waals surface area contributed by atoms with E-state index in [0.29, 0.717) is 5.69 Å². The quantitative estimate of drug-likeness (QED) is 0.432. The Bertz CT molecular complexity index is 1400. The first-order valence-corrected chi connectivity index (χ1v) is 11.1. The molecule has 32 heavy (non-hydrogen) atoms. The molecule has 0 aliphatic carbocycles. The summed E-state index contributed by atoms with van der Waals surface area (Å²) >= 11 is 5.78. The number of nitrogens with zero attached hydrogens (tertiary/aromatic N) is 4. The lowest BCUT2D eigenvalue weighted by Crippen LogP contribution is -2.17. The molecule has 0 saturated carbocycles. The number of non-ortho nitro benzene ring substituents is 1. The number of aromatic nitrogens is 2. The van der Waals surface area contributed by atoms with Crippen molar-refractivity contribution in [3.05, 3.63) is 84.5 Å². The summed E-state index contributed by atoms with van der Waals surface area (Å²) in [5.41, 5.74) is 0.166. The molecule has 0 radical (unpaired) electrons. The fourth-order valence-corrected chi connectivity index (χ4v) is 4.93. The largest absolute Gasteiger partial charge is 0.306 e. The zero-order valence-corrected chi connectivity index (χ0v) is 17.5. The molecule has 0 saturated heterocycles. The molecule has 164 valence electrons. The van der Waals surface area contributed by atoms with Crippen LogP contribution in [0.5, 0.6) is 0 Å². The fraction of sp³-hybridized carbons (Fsp3) is 0.111. The van der Waals surface area contributed by atoms with E-state index in [1.807, 2.05) is 0 Å². The summed E-state index contributed by atoms with van der Waals surface area (Å²) in [5, 5.41) is 28.7. The number of halogens is 1. The van der Waals surface area contributed by atoms with E-state index in [0.717, 1.165) is 6.07 Å². The standard InChI is InChI=1S/C18H12ClN5O7S/c19-14-6-1-10(7-16(14)24(28)29)18(25)20-17-13-8-32(30,31)9-15(13)21-22(17)11-2-4-12(5-3-11)23(26)27/h1-7H,8-9H2,(H,20,25). The Morgan fingerprint density at radius 3 is 2.38 bits per heavy atom. The van der Waals surface area contributed by atoms with Crippen molar-refractivity contribution >= 4 is 44.5 Å². The molecule has 0 unspecified atom stereocenters. The molecule has 1 aliphatic heterocycles. The number of nitrogens with one attached hydrogen (secondary N) is 1. The number of carbonyl (C=O) groups excluding carboxylic acids is 1. The Labute approximate surface area is 184 Å². The number of fused-ring (bicyclic) bond motifs is 1. The van der Waals surface area contributed by atoms with Gasteiger partial charge in [-0.3, -0.25) is 25.0 Å². The van der Waals surface area contributed by atoms with Crippen molar-refractivity contribution in [1.29, 1.82) is 0 Å². The average Bonchev–Trinajstić information content (AvgIpc) is 3.20. The number of rotatable bonds is 5. The first kappa shape index (κ1) is 21.4. The van der Waals surface area contributed by atoms with E-state index in [1.165, 1.54) is 41.1 Å². The van der Waals surface area contributed by atoms with Gasteiger partial charge in [0.25, 0.3) is 17.3 Å². The van der Waals surface area contributed by atoms with E-state index < -0.39 is 31.3 Å². The van der Waals surface area contributed by atoms with Gasteiger partial charge in [-0.25, -0.2) is 13.1 Å². The minimum Gasteiger partial charge on any atom is -0.306 e. The van der Waals surface area contributed by atoms with Gasteiger partial charge in [-0.1, -0.05) is 11.6 Å². The van der Waals surface area contributed by atoms with Gasteiger partial charge in [0.2, 0.25) is 0 Å². The zero-order valence-electron chi connectivity index (χ0n) is 15.9. The highest BCUT2D eigenvalue weighted by atomic mass is 35.5. The number of carbonyl (C=O) groups is 1. The third kappa shape index (κ3) is 3.90. The molecule has 14 heteroatoms. The zero-order chi connectivity index (χ0) is 23.2. The van der Waals surface area contributed by atoms with Gasteiger partial charge in [0.1, 0.15) is 10.8 Å². The topological polar surface area (TPSA) is 167 Å². The summed E-state index contributed by atoms with van der Waals surface area (Å²) in [6.07, 6.45) is 0. The van der Waals surface area contributed by atoms with Crippen molar-refractivity contribution in [2.75, 3.05) is 5.32 Å². The molecule has 0 spiro atoms. The van der Waals surface area contributed by atoms with Crippen LogP contribution in [0.1, 0.15) is 21.6 Å².